The Balaban J connectivity index is 1.49. The van der Waals surface area contributed by atoms with Crippen molar-refractivity contribution in [2.45, 2.75) is 39.3 Å². The van der Waals surface area contributed by atoms with Gasteiger partial charge in [0.2, 0.25) is 5.91 Å². The van der Waals surface area contributed by atoms with E-state index in [1.54, 1.807) is 4.90 Å². The van der Waals surface area contributed by atoms with Crippen LogP contribution in [0.5, 0.6) is 0 Å². The molecule has 4 atom stereocenters. The molecule has 1 saturated carbocycles. The van der Waals surface area contributed by atoms with E-state index in [1.165, 1.54) is 0 Å². The summed E-state index contributed by atoms with van der Waals surface area (Å²) in [4.78, 5) is 26.3. The lowest BCUT2D eigenvalue weighted by atomic mass is 10.1. The van der Waals surface area contributed by atoms with Crippen LogP contribution in [0.3, 0.4) is 0 Å². The molecule has 1 aromatic carbocycles. The number of amides is 2. The first kappa shape index (κ1) is 16.8. The smallest absolute Gasteiger partial charge is 0.410 e. The quantitative estimate of drug-likeness (QED) is 0.927. The maximum absolute atomic E-state index is 12.5. The van der Waals surface area contributed by atoms with Gasteiger partial charge in [-0.3, -0.25) is 4.79 Å². The summed E-state index contributed by atoms with van der Waals surface area (Å²) in [6, 6.07) is 9.95. The SMILES string of the molecule is C[C@H](NC(=O)[C@H]1[C@@H]2CN(C(=O)OC(C)(C)C)C[C@@H]21)c1ccccc1. The first-order chi connectivity index (χ1) is 11.3. The van der Waals surface area contributed by atoms with E-state index in [0.29, 0.717) is 13.1 Å². The zero-order valence-electron chi connectivity index (χ0n) is 14.8. The van der Waals surface area contributed by atoms with Gasteiger partial charge in [0.05, 0.1) is 6.04 Å². The monoisotopic (exact) mass is 330 g/mol. The van der Waals surface area contributed by atoms with Crippen LogP contribution in [0.1, 0.15) is 39.3 Å². The largest absolute Gasteiger partial charge is 0.444 e. The predicted octanol–water partition coefficient (Wildman–Crippen LogP) is 2.98. The van der Waals surface area contributed by atoms with Crippen molar-refractivity contribution < 1.29 is 14.3 Å². The number of fused-ring (bicyclic) bond motifs is 1. The van der Waals surface area contributed by atoms with Gasteiger partial charge in [-0.05, 0) is 45.1 Å². The average Bonchev–Trinajstić information content (AvgIpc) is 3.01. The Morgan fingerprint density at radius 1 is 1.17 bits per heavy atom. The van der Waals surface area contributed by atoms with Crippen LogP contribution in [0.15, 0.2) is 30.3 Å². The van der Waals surface area contributed by atoms with Gasteiger partial charge in [0.15, 0.2) is 0 Å². The molecule has 1 aliphatic heterocycles. The van der Waals surface area contributed by atoms with E-state index in [2.05, 4.69) is 5.32 Å². The molecule has 1 aliphatic carbocycles. The molecule has 2 amide bonds. The zero-order chi connectivity index (χ0) is 17.5. The Morgan fingerprint density at radius 3 is 2.29 bits per heavy atom. The highest BCUT2D eigenvalue weighted by molar-refractivity contribution is 5.83. The van der Waals surface area contributed by atoms with Gasteiger partial charge in [0.1, 0.15) is 5.60 Å². The number of hydrogen-bond donors (Lipinski definition) is 1. The molecule has 2 aliphatic rings. The summed E-state index contributed by atoms with van der Waals surface area (Å²) in [5.41, 5.74) is 0.623. The molecule has 0 radical (unpaired) electrons. The summed E-state index contributed by atoms with van der Waals surface area (Å²) in [6.45, 7) is 8.84. The Hall–Kier alpha value is -2.04. The molecule has 2 fully saturated rings. The van der Waals surface area contributed by atoms with Crippen molar-refractivity contribution in [3.05, 3.63) is 35.9 Å². The molecule has 1 saturated heterocycles. The molecule has 0 unspecified atom stereocenters. The molecular weight excluding hydrogens is 304 g/mol. The van der Waals surface area contributed by atoms with E-state index < -0.39 is 5.60 Å². The second-order valence-corrected chi connectivity index (χ2v) is 7.88. The molecular formula is C19H26N2O3. The van der Waals surface area contributed by atoms with E-state index in [1.807, 2.05) is 58.0 Å². The minimum Gasteiger partial charge on any atom is -0.444 e. The van der Waals surface area contributed by atoms with Crippen LogP contribution in [-0.4, -0.2) is 35.6 Å². The van der Waals surface area contributed by atoms with Crippen LogP contribution in [0.4, 0.5) is 4.79 Å². The summed E-state index contributed by atoms with van der Waals surface area (Å²) in [7, 11) is 0. The molecule has 24 heavy (non-hydrogen) atoms. The minimum atomic E-state index is -0.480. The van der Waals surface area contributed by atoms with Crippen LogP contribution in [0.2, 0.25) is 0 Å². The van der Waals surface area contributed by atoms with Gasteiger partial charge in [-0.2, -0.15) is 0 Å². The standard InChI is InChI=1S/C19H26N2O3/c1-12(13-8-6-5-7-9-13)20-17(22)16-14-10-21(11-15(14)16)18(23)24-19(2,3)4/h5-9,12,14-16H,10-11H2,1-4H3,(H,20,22)/t12-,14-,15+,16+/m0/s1. The highest BCUT2D eigenvalue weighted by Gasteiger charge is 2.60. The number of carbonyl (C=O) groups excluding carboxylic acids is 2. The van der Waals surface area contributed by atoms with Crippen LogP contribution in [-0.2, 0) is 9.53 Å². The summed E-state index contributed by atoms with van der Waals surface area (Å²) in [5.74, 6) is 0.695. The number of piperidine rings is 1. The summed E-state index contributed by atoms with van der Waals surface area (Å²) in [6.07, 6.45) is -0.272. The number of benzene rings is 1. The molecule has 130 valence electrons. The fourth-order valence-corrected chi connectivity index (χ4v) is 3.53. The van der Waals surface area contributed by atoms with E-state index in [0.717, 1.165) is 5.56 Å². The lowest BCUT2D eigenvalue weighted by molar-refractivity contribution is -0.123. The van der Waals surface area contributed by atoms with E-state index >= 15 is 0 Å². The first-order valence-corrected chi connectivity index (χ1v) is 8.59. The van der Waals surface area contributed by atoms with E-state index in [9.17, 15) is 9.59 Å². The highest BCUT2D eigenvalue weighted by atomic mass is 16.6. The van der Waals surface area contributed by atoms with Gasteiger partial charge in [0, 0.05) is 19.0 Å². The number of nitrogens with zero attached hydrogens (tertiary/aromatic N) is 1. The fourth-order valence-electron chi connectivity index (χ4n) is 3.53. The summed E-state index contributed by atoms with van der Waals surface area (Å²) in [5, 5.41) is 3.10. The third-order valence-corrected chi connectivity index (χ3v) is 4.81. The number of hydrogen-bond acceptors (Lipinski definition) is 3. The first-order valence-electron chi connectivity index (χ1n) is 8.59. The normalized spacial score (nSPS) is 26.5. The van der Waals surface area contributed by atoms with Crippen molar-refractivity contribution in [2.24, 2.45) is 17.8 Å². The lowest BCUT2D eigenvalue weighted by Gasteiger charge is -2.26. The maximum atomic E-state index is 12.5. The van der Waals surface area contributed by atoms with Gasteiger partial charge in [-0.15, -0.1) is 0 Å². The van der Waals surface area contributed by atoms with Gasteiger partial charge >= 0.3 is 6.09 Å². The van der Waals surface area contributed by atoms with Crippen molar-refractivity contribution in [1.29, 1.82) is 0 Å². The third kappa shape index (κ3) is 3.55. The van der Waals surface area contributed by atoms with Crippen LogP contribution in [0, 0.1) is 17.8 Å². The predicted molar refractivity (Wildman–Crippen MR) is 91.3 cm³/mol. The van der Waals surface area contributed by atoms with Crippen molar-refractivity contribution in [3.63, 3.8) is 0 Å². The second-order valence-electron chi connectivity index (χ2n) is 7.88. The van der Waals surface area contributed by atoms with Crippen LogP contribution < -0.4 is 5.32 Å². The Labute approximate surface area is 143 Å². The van der Waals surface area contributed by atoms with Crippen molar-refractivity contribution >= 4 is 12.0 Å². The number of ether oxygens (including phenoxy) is 1. The Bertz CT molecular complexity index is 611. The molecule has 0 bridgehead atoms. The summed E-state index contributed by atoms with van der Waals surface area (Å²) >= 11 is 0. The van der Waals surface area contributed by atoms with Crippen molar-refractivity contribution in [3.8, 4) is 0 Å². The fraction of sp³-hybridized carbons (Fsp3) is 0.579. The Morgan fingerprint density at radius 2 is 1.75 bits per heavy atom. The third-order valence-electron chi connectivity index (χ3n) is 4.81. The molecule has 0 aromatic heterocycles. The van der Waals surface area contributed by atoms with Gasteiger partial charge in [-0.1, -0.05) is 30.3 Å². The van der Waals surface area contributed by atoms with E-state index in [4.69, 9.17) is 4.74 Å². The molecule has 1 heterocycles. The van der Waals surface area contributed by atoms with Gasteiger partial charge in [0.25, 0.3) is 0 Å². The molecule has 0 spiro atoms. The van der Waals surface area contributed by atoms with Crippen molar-refractivity contribution in [1.82, 2.24) is 10.2 Å². The Kier molecular flexibility index (Phi) is 4.28. The summed E-state index contributed by atoms with van der Waals surface area (Å²) < 4.78 is 5.40. The number of likely N-dealkylation sites (tertiary alicyclic amines) is 1. The zero-order valence-corrected chi connectivity index (χ0v) is 14.8. The lowest BCUT2D eigenvalue weighted by Crippen LogP contribution is -2.39. The molecule has 1 aromatic rings. The van der Waals surface area contributed by atoms with Crippen LogP contribution >= 0.6 is 0 Å². The molecule has 3 rings (SSSR count). The second kappa shape index (κ2) is 6.11. The average molecular weight is 330 g/mol. The minimum absolute atomic E-state index is 0.00184. The molecule has 1 N–H and O–H groups in total. The number of nitrogens with one attached hydrogen (secondary N) is 1. The van der Waals surface area contributed by atoms with Crippen molar-refractivity contribution in [2.75, 3.05) is 13.1 Å². The maximum Gasteiger partial charge on any atom is 0.410 e. The number of rotatable bonds is 3. The topological polar surface area (TPSA) is 58.6 Å². The number of carbonyl (C=O) groups is 2. The van der Waals surface area contributed by atoms with E-state index in [-0.39, 0.29) is 35.8 Å². The highest BCUT2D eigenvalue weighted by Crippen LogP contribution is 2.52. The van der Waals surface area contributed by atoms with Gasteiger partial charge in [-0.25, -0.2) is 4.79 Å². The molecule has 5 nitrogen and oxygen atoms in total. The molecule has 5 heteroatoms. The van der Waals surface area contributed by atoms with Crippen LogP contribution in [0.25, 0.3) is 0 Å². The van der Waals surface area contributed by atoms with Gasteiger partial charge < -0.3 is 15.0 Å².